The Balaban J connectivity index is 1.75. The molecular formula is C14H21N5O2. The number of hydrogen-bond acceptors (Lipinski definition) is 5. The van der Waals surface area contributed by atoms with Crippen molar-refractivity contribution < 1.29 is 9.90 Å². The number of carbonyl (C=O) groups is 1. The van der Waals surface area contributed by atoms with E-state index in [0.29, 0.717) is 26.2 Å². The van der Waals surface area contributed by atoms with E-state index in [2.05, 4.69) is 19.8 Å². The van der Waals surface area contributed by atoms with Crippen molar-refractivity contribution in [2.24, 2.45) is 0 Å². The Bertz CT molecular complexity index is 496. The molecule has 2 aliphatic heterocycles. The van der Waals surface area contributed by atoms with E-state index in [4.69, 9.17) is 5.11 Å². The number of rotatable bonds is 2. The molecule has 2 fully saturated rings. The molecule has 1 amide bonds. The van der Waals surface area contributed by atoms with Crippen LogP contribution >= 0.6 is 0 Å². The first-order chi connectivity index (χ1) is 10.3. The third kappa shape index (κ3) is 3.01. The molecule has 21 heavy (non-hydrogen) atoms. The molecule has 2 aliphatic rings. The van der Waals surface area contributed by atoms with Crippen LogP contribution in [0.1, 0.15) is 19.3 Å². The molecule has 0 aliphatic carbocycles. The molecule has 0 atom stereocenters. The number of amides is 1. The second kappa shape index (κ2) is 6.15. The van der Waals surface area contributed by atoms with Gasteiger partial charge >= 0.3 is 6.09 Å². The maximum absolute atomic E-state index is 11.0. The molecule has 1 aromatic heterocycles. The lowest BCUT2D eigenvalue weighted by Crippen LogP contribution is -2.49. The van der Waals surface area contributed by atoms with E-state index in [1.165, 1.54) is 24.2 Å². The van der Waals surface area contributed by atoms with E-state index >= 15 is 0 Å². The Labute approximate surface area is 124 Å². The number of aromatic nitrogens is 2. The van der Waals surface area contributed by atoms with Crippen molar-refractivity contribution >= 4 is 17.7 Å². The fourth-order valence-electron chi connectivity index (χ4n) is 2.98. The van der Waals surface area contributed by atoms with Gasteiger partial charge in [0.05, 0.1) is 0 Å². The van der Waals surface area contributed by atoms with Crippen molar-refractivity contribution in [3.8, 4) is 0 Å². The zero-order valence-corrected chi connectivity index (χ0v) is 12.1. The average Bonchev–Trinajstić information content (AvgIpc) is 2.56. The average molecular weight is 291 g/mol. The normalized spacial score (nSPS) is 19.7. The second-order valence-corrected chi connectivity index (χ2v) is 5.51. The summed E-state index contributed by atoms with van der Waals surface area (Å²) in [7, 11) is 0. The summed E-state index contributed by atoms with van der Waals surface area (Å²) in [5.41, 5.74) is 0. The maximum atomic E-state index is 11.0. The van der Waals surface area contributed by atoms with E-state index in [9.17, 15) is 4.79 Å². The molecule has 1 aromatic rings. The molecule has 114 valence electrons. The highest BCUT2D eigenvalue weighted by Gasteiger charge is 2.25. The molecule has 0 unspecified atom stereocenters. The van der Waals surface area contributed by atoms with Gasteiger partial charge in [-0.25, -0.2) is 14.8 Å². The highest BCUT2D eigenvalue weighted by atomic mass is 16.4. The van der Waals surface area contributed by atoms with Gasteiger partial charge in [-0.1, -0.05) is 0 Å². The van der Waals surface area contributed by atoms with Crippen molar-refractivity contribution in [2.45, 2.75) is 19.3 Å². The Morgan fingerprint density at radius 1 is 0.857 bits per heavy atom. The highest BCUT2D eigenvalue weighted by Crippen LogP contribution is 2.27. The Hall–Kier alpha value is -2.05. The molecular weight excluding hydrogens is 270 g/mol. The van der Waals surface area contributed by atoms with Gasteiger partial charge in [0.2, 0.25) is 0 Å². The summed E-state index contributed by atoms with van der Waals surface area (Å²) >= 11 is 0. The van der Waals surface area contributed by atoms with Crippen molar-refractivity contribution in [3.63, 3.8) is 0 Å². The van der Waals surface area contributed by atoms with Gasteiger partial charge in [0.1, 0.15) is 0 Å². The van der Waals surface area contributed by atoms with Gasteiger partial charge in [-0.2, -0.15) is 0 Å². The molecule has 7 heteroatoms. The smallest absolute Gasteiger partial charge is 0.407 e. The van der Waals surface area contributed by atoms with Gasteiger partial charge in [-0.05, 0) is 19.3 Å². The van der Waals surface area contributed by atoms with Crippen LogP contribution in [-0.4, -0.2) is 65.3 Å². The number of carboxylic acid groups (broad SMARTS) is 1. The zero-order valence-electron chi connectivity index (χ0n) is 12.1. The van der Waals surface area contributed by atoms with Crippen molar-refractivity contribution in [2.75, 3.05) is 49.1 Å². The minimum Gasteiger partial charge on any atom is -0.465 e. The van der Waals surface area contributed by atoms with E-state index in [1.54, 1.807) is 12.4 Å². The minimum absolute atomic E-state index is 0.519. The summed E-state index contributed by atoms with van der Waals surface area (Å²) in [6.07, 6.45) is 6.28. The van der Waals surface area contributed by atoms with Crippen LogP contribution in [-0.2, 0) is 0 Å². The number of anilines is 2. The Morgan fingerprint density at radius 2 is 1.38 bits per heavy atom. The number of piperazine rings is 1. The molecule has 0 bridgehead atoms. The number of nitrogens with zero attached hydrogens (tertiary/aromatic N) is 5. The van der Waals surface area contributed by atoms with E-state index in [-0.39, 0.29) is 0 Å². The first-order valence-corrected chi connectivity index (χ1v) is 7.54. The molecule has 1 N–H and O–H groups in total. The lowest BCUT2D eigenvalue weighted by atomic mass is 10.1. The van der Waals surface area contributed by atoms with E-state index in [0.717, 1.165) is 24.7 Å². The molecule has 7 nitrogen and oxygen atoms in total. The largest absolute Gasteiger partial charge is 0.465 e. The predicted octanol–water partition coefficient (Wildman–Crippen LogP) is 1.27. The lowest BCUT2D eigenvalue weighted by molar-refractivity contribution is 0.142. The molecule has 3 rings (SSSR count). The number of piperidine rings is 1. The molecule has 0 saturated carbocycles. The summed E-state index contributed by atoms with van der Waals surface area (Å²) in [5, 5.41) is 9.02. The maximum Gasteiger partial charge on any atom is 0.407 e. The van der Waals surface area contributed by atoms with Gasteiger partial charge in [0, 0.05) is 51.7 Å². The monoisotopic (exact) mass is 291 g/mol. The third-order valence-electron chi connectivity index (χ3n) is 4.17. The Morgan fingerprint density at radius 3 is 1.90 bits per heavy atom. The van der Waals surface area contributed by atoms with Crippen LogP contribution in [0.15, 0.2) is 12.4 Å². The van der Waals surface area contributed by atoms with Crippen LogP contribution in [0.25, 0.3) is 0 Å². The third-order valence-corrected chi connectivity index (χ3v) is 4.17. The first-order valence-electron chi connectivity index (χ1n) is 7.54. The van der Waals surface area contributed by atoms with Gasteiger partial charge in [-0.15, -0.1) is 0 Å². The topological polar surface area (TPSA) is 72.8 Å². The van der Waals surface area contributed by atoms with Gasteiger partial charge in [0.15, 0.2) is 11.6 Å². The molecule has 0 spiro atoms. The highest BCUT2D eigenvalue weighted by molar-refractivity contribution is 5.66. The molecule has 0 radical (unpaired) electrons. The molecule has 2 saturated heterocycles. The van der Waals surface area contributed by atoms with Crippen LogP contribution in [0.4, 0.5) is 16.4 Å². The summed E-state index contributed by atoms with van der Waals surface area (Å²) in [6.45, 7) is 4.44. The van der Waals surface area contributed by atoms with Crippen LogP contribution in [0.5, 0.6) is 0 Å². The Kier molecular flexibility index (Phi) is 4.08. The molecule has 0 aromatic carbocycles. The second-order valence-electron chi connectivity index (χ2n) is 5.51. The summed E-state index contributed by atoms with van der Waals surface area (Å²) < 4.78 is 0. The van der Waals surface area contributed by atoms with Crippen molar-refractivity contribution in [1.29, 1.82) is 0 Å². The predicted molar refractivity (Wildman–Crippen MR) is 79.9 cm³/mol. The van der Waals surface area contributed by atoms with Gasteiger partial charge in [-0.3, -0.25) is 0 Å². The minimum atomic E-state index is -0.843. The van der Waals surface area contributed by atoms with Gasteiger partial charge < -0.3 is 19.8 Å². The van der Waals surface area contributed by atoms with Crippen LogP contribution in [0, 0.1) is 0 Å². The SMILES string of the molecule is O=C(O)N1CCN(c2nccnc2N2CCCCC2)CC1. The molecule has 3 heterocycles. The zero-order chi connectivity index (χ0) is 14.7. The summed E-state index contributed by atoms with van der Waals surface area (Å²) in [5.74, 6) is 1.84. The quantitative estimate of drug-likeness (QED) is 0.884. The van der Waals surface area contributed by atoms with E-state index in [1.807, 2.05) is 0 Å². The van der Waals surface area contributed by atoms with Crippen LogP contribution < -0.4 is 9.80 Å². The van der Waals surface area contributed by atoms with Crippen molar-refractivity contribution in [1.82, 2.24) is 14.9 Å². The fraction of sp³-hybridized carbons (Fsp3) is 0.643. The fourth-order valence-corrected chi connectivity index (χ4v) is 2.98. The van der Waals surface area contributed by atoms with Crippen LogP contribution in [0.2, 0.25) is 0 Å². The van der Waals surface area contributed by atoms with Crippen molar-refractivity contribution in [3.05, 3.63) is 12.4 Å². The van der Waals surface area contributed by atoms with E-state index < -0.39 is 6.09 Å². The standard InChI is InChI=1S/C14H21N5O2/c20-14(21)19-10-8-18(9-11-19)13-12(15-4-5-16-13)17-6-2-1-3-7-17/h4-5H,1-3,6-11H2,(H,20,21). The van der Waals surface area contributed by atoms with Crippen LogP contribution in [0.3, 0.4) is 0 Å². The lowest BCUT2D eigenvalue weighted by Gasteiger charge is -2.36. The van der Waals surface area contributed by atoms with Gasteiger partial charge in [0.25, 0.3) is 0 Å². The summed E-state index contributed by atoms with van der Waals surface area (Å²) in [6, 6.07) is 0. The summed E-state index contributed by atoms with van der Waals surface area (Å²) in [4.78, 5) is 25.9. The first kappa shape index (κ1) is 13.9. The number of hydrogen-bond donors (Lipinski definition) is 1.